The molecule has 0 spiro atoms. The molecule has 4 heteroatoms. The summed E-state index contributed by atoms with van der Waals surface area (Å²) in [5.74, 6) is 0.995. The maximum absolute atomic E-state index is 4.56. The highest BCUT2D eigenvalue weighted by molar-refractivity contribution is 7.12. The van der Waals surface area contributed by atoms with Gasteiger partial charge in [-0.25, -0.2) is 4.98 Å². The lowest BCUT2D eigenvalue weighted by Crippen LogP contribution is -2.06. The van der Waals surface area contributed by atoms with Crippen molar-refractivity contribution in [1.82, 2.24) is 9.55 Å². The summed E-state index contributed by atoms with van der Waals surface area (Å²) in [5, 5.41) is 3.46. The zero-order valence-corrected chi connectivity index (χ0v) is 13.1. The fourth-order valence-electron chi connectivity index (χ4n) is 2.09. The van der Waals surface area contributed by atoms with Crippen LogP contribution in [0.2, 0.25) is 0 Å². The average molecular weight is 277 g/mol. The number of thiophene rings is 1. The molecule has 0 aliphatic heterocycles. The number of hydrogen-bond donors (Lipinski definition) is 1. The first-order chi connectivity index (χ1) is 9.10. The summed E-state index contributed by atoms with van der Waals surface area (Å²) in [7, 11) is 0. The van der Waals surface area contributed by atoms with Gasteiger partial charge in [-0.05, 0) is 38.8 Å². The largest absolute Gasteiger partial charge is 0.351 e. The number of unbranched alkanes of at least 4 members (excludes halogenated alkanes) is 1. The van der Waals surface area contributed by atoms with Gasteiger partial charge in [-0.3, -0.25) is 0 Å². The third kappa shape index (κ3) is 3.60. The SMILES string of the molecule is CCCCn1cc(C)nc1NCc1cc(C)c(C)s1. The van der Waals surface area contributed by atoms with Gasteiger partial charge in [0.15, 0.2) is 0 Å². The number of aromatic nitrogens is 2. The van der Waals surface area contributed by atoms with Crippen LogP contribution in [0.25, 0.3) is 0 Å². The van der Waals surface area contributed by atoms with Crippen LogP contribution in [0.4, 0.5) is 5.95 Å². The molecule has 0 saturated heterocycles. The van der Waals surface area contributed by atoms with Gasteiger partial charge in [-0.15, -0.1) is 11.3 Å². The van der Waals surface area contributed by atoms with Crippen LogP contribution in [0.15, 0.2) is 12.3 Å². The van der Waals surface area contributed by atoms with Gasteiger partial charge in [0.05, 0.1) is 12.2 Å². The van der Waals surface area contributed by atoms with Crippen LogP contribution in [0.3, 0.4) is 0 Å². The van der Waals surface area contributed by atoms with Crippen LogP contribution in [0.1, 0.15) is 40.8 Å². The third-order valence-electron chi connectivity index (χ3n) is 3.29. The van der Waals surface area contributed by atoms with Gasteiger partial charge in [0.1, 0.15) is 0 Å². The number of imidazole rings is 1. The van der Waals surface area contributed by atoms with E-state index in [0.29, 0.717) is 0 Å². The molecule has 2 heterocycles. The van der Waals surface area contributed by atoms with Crippen LogP contribution in [-0.4, -0.2) is 9.55 Å². The van der Waals surface area contributed by atoms with E-state index in [1.807, 2.05) is 18.3 Å². The Kier molecular flexibility index (Phi) is 4.64. The smallest absolute Gasteiger partial charge is 0.203 e. The third-order valence-corrected chi connectivity index (χ3v) is 4.44. The van der Waals surface area contributed by atoms with E-state index in [-0.39, 0.29) is 0 Å². The minimum Gasteiger partial charge on any atom is -0.351 e. The van der Waals surface area contributed by atoms with Crippen LogP contribution < -0.4 is 5.32 Å². The Morgan fingerprint density at radius 1 is 1.32 bits per heavy atom. The lowest BCUT2D eigenvalue weighted by atomic mass is 10.3. The van der Waals surface area contributed by atoms with E-state index in [1.54, 1.807) is 0 Å². The first-order valence-corrected chi connectivity index (χ1v) is 7.75. The Bertz CT molecular complexity index is 520. The average Bonchev–Trinajstić information content (AvgIpc) is 2.88. The van der Waals surface area contributed by atoms with Crippen LogP contribution in [-0.2, 0) is 13.1 Å². The second-order valence-electron chi connectivity index (χ2n) is 5.06. The van der Waals surface area contributed by atoms with Crippen LogP contribution in [0, 0.1) is 20.8 Å². The molecule has 3 nitrogen and oxygen atoms in total. The normalized spacial score (nSPS) is 10.9. The molecule has 104 valence electrons. The van der Waals surface area contributed by atoms with Crippen molar-refractivity contribution in [1.29, 1.82) is 0 Å². The van der Waals surface area contributed by atoms with E-state index >= 15 is 0 Å². The Hall–Kier alpha value is -1.29. The van der Waals surface area contributed by atoms with Crippen molar-refractivity contribution < 1.29 is 0 Å². The molecule has 0 aliphatic rings. The molecule has 0 amide bonds. The van der Waals surface area contributed by atoms with E-state index in [1.165, 1.54) is 28.2 Å². The van der Waals surface area contributed by atoms with Crippen molar-refractivity contribution in [3.05, 3.63) is 33.3 Å². The van der Waals surface area contributed by atoms with Gasteiger partial charge < -0.3 is 9.88 Å². The minimum atomic E-state index is 0.863. The fraction of sp³-hybridized carbons (Fsp3) is 0.533. The lowest BCUT2D eigenvalue weighted by molar-refractivity contribution is 0.635. The molecule has 1 N–H and O–H groups in total. The quantitative estimate of drug-likeness (QED) is 0.854. The predicted molar refractivity (Wildman–Crippen MR) is 83.0 cm³/mol. The Balaban J connectivity index is 2.02. The molecule has 0 aliphatic carbocycles. The number of rotatable bonds is 6. The highest BCUT2D eigenvalue weighted by Gasteiger charge is 2.06. The first-order valence-electron chi connectivity index (χ1n) is 6.93. The van der Waals surface area contributed by atoms with Crippen molar-refractivity contribution >= 4 is 17.3 Å². The molecule has 0 radical (unpaired) electrons. The molecule has 0 atom stereocenters. The summed E-state index contributed by atoms with van der Waals surface area (Å²) in [5.41, 5.74) is 2.46. The number of nitrogens with one attached hydrogen (secondary N) is 1. The molecular weight excluding hydrogens is 254 g/mol. The number of nitrogens with zero attached hydrogens (tertiary/aromatic N) is 2. The van der Waals surface area contributed by atoms with E-state index < -0.39 is 0 Å². The zero-order chi connectivity index (χ0) is 13.8. The summed E-state index contributed by atoms with van der Waals surface area (Å²) < 4.78 is 2.23. The van der Waals surface area contributed by atoms with Crippen LogP contribution in [0.5, 0.6) is 0 Å². The Morgan fingerprint density at radius 3 is 2.74 bits per heavy atom. The molecule has 0 bridgehead atoms. The summed E-state index contributed by atoms with van der Waals surface area (Å²) in [6.07, 6.45) is 4.53. The highest BCUT2D eigenvalue weighted by Crippen LogP contribution is 2.21. The fourth-order valence-corrected chi connectivity index (χ4v) is 3.08. The van der Waals surface area contributed by atoms with Gasteiger partial charge >= 0.3 is 0 Å². The summed E-state index contributed by atoms with van der Waals surface area (Å²) in [6, 6.07) is 2.26. The first kappa shape index (κ1) is 14.1. The molecule has 2 aromatic heterocycles. The standard InChI is InChI=1S/C15H23N3S/c1-5-6-7-18-10-12(3)17-15(18)16-9-14-8-11(2)13(4)19-14/h8,10H,5-7,9H2,1-4H3,(H,16,17). The van der Waals surface area contributed by atoms with E-state index in [2.05, 4.69) is 47.9 Å². The van der Waals surface area contributed by atoms with E-state index in [9.17, 15) is 0 Å². The zero-order valence-electron chi connectivity index (χ0n) is 12.3. The second kappa shape index (κ2) is 6.24. The lowest BCUT2D eigenvalue weighted by Gasteiger charge is -2.08. The van der Waals surface area contributed by atoms with Gasteiger partial charge in [0.2, 0.25) is 5.95 Å². The molecule has 0 fully saturated rings. The monoisotopic (exact) mass is 277 g/mol. The topological polar surface area (TPSA) is 29.9 Å². The second-order valence-corrected chi connectivity index (χ2v) is 6.40. The maximum atomic E-state index is 4.56. The van der Waals surface area contributed by atoms with Gasteiger partial charge in [0, 0.05) is 22.5 Å². The number of anilines is 1. The molecule has 0 unspecified atom stereocenters. The number of hydrogen-bond acceptors (Lipinski definition) is 3. The Labute approximate surface area is 119 Å². The van der Waals surface area contributed by atoms with Crippen molar-refractivity contribution in [2.75, 3.05) is 5.32 Å². The van der Waals surface area contributed by atoms with Crippen molar-refractivity contribution in [2.24, 2.45) is 0 Å². The molecule has 2 rings (SSSR count). The Morgan fingerprint density at radius 2 is 2.11 bits per heavy atom. The van der Waals surface area contributed by atoms with Gasteiger partial charge in [0.25, 0.3) is 0 Å². The van der Waals surface area contributed by atoms with Gasteiger partial charge in [-0.1, -0.05) is 13.3 Å². The van der Waals surface area contributed by atoms with E-state index in [4.69, 9.17) is 0 Å². The summed E-state index contributed by atoms with van der Waals surface area (Å²) in [6.45, 7) is 10.5. The van der Waals surface area contributed by atoms with E-state index in [0.717, 1.165) is 24.7 Å². The molecule has 2 aromatic rings. The maximum Gasteiger partial charge on any atom is 0.203 e. The summed E-state index contributed by atoms with van der Waals surface area (Å²) >= 11 is 1.86. The van der Waals surface area contributed by atoms with Gasteiger partial charge in [-0.2, -0.15) is 0 Å². The van der Waals surface area contributed by atoms with Crippen molar-refractivity contribution in [3.63, 3.8) is 0 Å². The number of aryl methyl sites for hydroxylation is 4. The van der Waals surface area contributed by atoms with Crippen LogP contribution >= 0.6 is 11.3 Å². The van der Waals surface area contributed by atoms with Crippen molar-refractivity contribution in [3.8, 4) is 0 Å². The summed E-state index contributed by atoms with van der Waals surface area (Å²) in [4.78, 5) is 7.34. The predicted octanol–water partition coefficient (Wildman–Crippen LogP) is 4.28. The van der Waals surface area contributed by atoms with Crippen molar-refractivity contribution in [2.45, 2.75) is 53.6 Å². The molecular formula is C15H23N3S. The molecule has 19 heavy (non-hydrogen) atoms. The molecule has 0 saturated carbocycles. The minimum absolute atomic E-state index is 0.863. The highest BCUT2D eigenvalue weighted by atomic mass is 32.1. The molecule has 0 aromatic carbocycles.